The van der Waals surface area contributed by atoms with E-state index >= 15 is 0 Å². The fraction of sp³-hybridized carbons (Fsp3) is 0.0455. The highest BCUT2D eigenvalue weighted by Crippen LogP contribution is 2.27. The van der Waals surface area contributed by atoms with Gasteiger partial charge in [0.1, 0.15) is 18.2 Å². The molecule has 7 heteroatoms. The Kier molecular flexibility index (Phi) is 4.33. The lowest BCUT2D eigenvalue weighted by Crippen LogP contribution is -2.02. The Labute approximate surface area is 170 Å². The standard InChI is InChI=1S/C22H14ClFN4O/c23-16-9-5-14(6-10-16)21-25-18-3-1-2-4-19(18)28(21)13-20-26-27-22(29-20)15-7-11-17(24)12-8-15/h1-12H,13H2. The summed E-state index contributed by atoms with van der Waals surface area (Å²) in [5.74, 6) is 1.25. The molecule has 0 radical (unpaired) electrons. The van der Waals surface area contributed by atoms with Crippen molar-refractivity contribution in [2.24, 2.45) is 0 Å². The highest BCUT2D eigenvalue weighted by molar-refractivity contribution is 6.30. The van der Waals surface area contributed by atoms with Crippen molar-refractivity contribution in [2.45, 2.75) is 6.54 Å². The van der Waals surface area contributed by atoms with Gasteiger partial charge in [0.25, 0.3) is 0 Å². The van der Waals surface area contributed by atoms with Crippen LogP contribution in [0.15, 0.2) is 77.2 Å². The summed E-state index contributed by atoms with van der Waals surface area (Å²) in [4.78, 5) is 4.77. The highest BCUT2D eigenvalue weighted by Gasteiger charge is 2.16. The van der Waals surface area contributed by atoms with Crippen molar-refractivity contribution in [1.82, 2.24) is 19.7 Å². The molecule has 0 fully saturated rings. The number of nitrogens with zero attached hydrogens (tertiary/aromatic N) is 4. The molecule has 0 atom stereocenters. The summed E-state index contributed by atoms with van der Waals surface area (Å²) in [7, 11) is 0. The predicted octanol–water partition coefficient (Wildman–Crippen LogP) is 5.59. The summed E-state index contributed by atoms with van der Waals surface area (Å²) in [6.07, 6.45) is 0. The molecule has 142 valence electrons. The van der Waals surface area contributed by atoms with Gasteiger partial charge in [-0.05, 0) is 60.7 Å². The predicted molar refractivity (Wildman–Crippen MR) is 109 cm³/mol. The van der Waals surface area contributed by atoms with Crippen LogP contribution in [0.1, 0.15) is 5.89 Å². The van der Waals surface area contributed by atoms with Crippen molar-refractivity contribution in [3.8, 4) is 22.8 Å². The van der Waals surface area contributed by atoms with E-state index in [2.05, 4.69) is 10.2 Å². The Bertz CT molecular complexity index is 1290. The van der Waals surface area contributed by atoms with E-state index in [1.165, 1.54) is 12.1 Å². The number of hydrogen-bond acceptors (Lipinski definition) is 4. The third-order valence-corrected chi connectivity index (χ3v) is 4.86. The number of aromatic nitrogens is 4. The molecule has 2 aromatic heterocycles. The van der Waals surface area contributed by atoms with Gasteiger partial charge in [0.2, 0.25) is 11.8 Å². The van der Waals surface area contributed by atoms with Crippen molar-refractivity contribution in [3.05, 3.63) is 89.5 Å². The van der Waals surface area contributed by atoms with Crippen LogP contribution >= 0.6 is 11.6 Å². The van der Waals surface area contributed by atoms with Gasteiger partial charge in [0, 0.05) is 16.1 Å². The number of rotatable bonds is 4. The van der Waals surface area contributed by atoms with Crippen LogP contribution in [0, 0.1) is 5.82 Å². The van der Waals surface area contributed by atoms with E-state index in [9.17, 15) is 4.39 Å². The van der Waals surface area contributed by atoms with Gasteiger partial charge in [-0.3, -0.25) is 0 Å². The van der Waals surface area contributed by atoms with E-state index in [1.54, 1.807) is 12.1 Å². The molecule has 0 saturated carbocycles. The zero-order chi connectivity index (χ0) is 19.8. The topological polar surface area (TPSA) is 56.7 Å². The van der Waals surface area contributed by atoms with E-state index in [1.807, 2.05) is 53.1 Å². The average Bonchev–Trinajstić information content (AvgIpc) is 3.35. The van der Waals surface area contributed by atoms with Crippen molar-refractivity contribution >= 4 is 22.6 Å². The van der Waals surface area contributed by atoms with E-state index in [0.717, 1.165) is 22.4 Å². The lowest BCUT2D eigenvalue weighted by atomic mass is 10.2. The molecule has 0 unspecified atom stereocenters. The zero-order valence-electron chi connectivity index (χ0n) is 15.1. The summed E-state index contributed by atoms with van der Waals surface area (Å²) in [6.45, 7) is 0.354. The van der Waals surface area contributed by atoms with E-state index in [4.69, 9.17) is 21.0 Å². The molecule has 5 rings (SSSR count). The number of para-hydroxylation sites is 2. The SMILES string of the molecule is Fc1ccc(-c2nnc(Cn3c(-c4ccc(Cl)cc4)nc4ccccc43)o2)cc1. The van der Waals surface area contributed by atoms with Crippen LogP contribution in [0.4, 0.5) is 4.39 Å². The largest absolute Gasteiger partial charge is 0.419 e. The summed E-state index contributed by atoms with van der Waals surface area (Å²) >= 11 is 6.03. The first-order valence-electron chi connectivity index (χ1n) is 8.97. The first-order valence-corrected chi connectivity index (χ1v) is 9.35. The third kappa shape index (κ3) is 3.39. The molecule has 29 heavy (non-hydrogen) atoms. The zero-order valence-corrected chi connectivity index (χ0v) is 15.8. The third-order valence-electron chi connectivity index (χ3n) is 4.61. The minimum Gasteiger partial charge on any atom is -0.419 e. The van der Waals surface area contributed by atoms with Crippen molar-refractivity contribution in [1.29, 1.82) is 0 Å². The molecular weight excluding hydrogens is 391 g/mol. The maximum absolute atomic E-state index is 13.2. The average molecular weight is 405 g/mol. The summed E-state index contributed by atoms with van der Waals surface area (Å²) in [5, 5.41) is 8.93. The first kappa shape index (κ1) is 17.6. The number of imidazole rings is 1. The Morgan fingerprint density at radius 2 is 1.59 bits per heavy atom. The number of halogens is 2. The van der Waals surface area contributed by atoms with Gasteiger partial charge in [-0.1, -0.05) is 23.7 Å². The monoisotopic (exact) mass is 404 g/mol. The van der Waals surface area contributed by atoms with Crippen LogP contribution < -0.4 is 0 Å². The van der Waals surface area contributed by atoms with E-state index in [0.29, 0.717) is 28.9 Å². The second kappa shape index (κ2) is 7.14. The van der Waals surface area contributed by atoms with Gasteiger partial charge in [-0.2, -0.15) is 0 Å². The Morgan fingerprint density at radius 3 is 2.38 bits per heavy atom. The van der Waals surface area contributed by atoms with Gasteiger partial charge < -0.3 is 8.98 Å². The molecule has 0 aliphatic heterocycles. The number of fused-ring (bicyclic) bond motifs is 1. The van der Waals surface area contributed by atoms with Crippen LogP contribution in [0.25, 0.3) is 33.9 Å². The maximum Gasteiger partial charge on any atom is 0.247 e. The molecule has 0 bridgehead atoms. The van der Waals surface area contributed by atoms with Crippen LogP contribution in [0.3, 0.4) is 0 Å². The Morgan fingerprint density at radius 1 is 0.862 bits per heavy atom. The van der Waals surface area contributed by atoms with Crippen LogP contribution in [0.5, 0.6) is 0 Å². The van der Waals surface area contributed by atoms with Gasteiger partial charge in [0.15, 0.2) is 0 Å². The molecular formula is C22H14ClFN4O. The second-order valence-electron chi connectivity index (χ2n) is 6.53. The van der Waals surface area contributed by atoms with Crippen LogP contribution in [0.2, 0.25) is 5.02 Å². The van der Waals surface area contributed by atoms with Gasteiger partial charge >= 0.3 is 0 Å². The molecule has 5 nitrogen and oxygen atoms in total. The fourth-order valence-corrected chi connectivity index (χ4v) is 3.34. The van der Waals surface area contributed by atoms with Gasteiger partial charge in [-0.15, -0.1) is 10.2 Å². The van der Waals surface area contributed by atoms with Crippen LogP contribution in [-0.4, -0.2) is 19.7 Å². The minimum atomic E-state index is -0.314. The number of benzene rings is 3. The van der Waals surface area contributed by atoms with Crippen molar-refractivity contribution in [2.75, 3.05) is 0 Å². The first-order chi connectivity index (χ1) is 14.2. The Hall–Kier alpha value is -3.51. The highest BCUT2D eigenvalue weighted by atomic mass is 35.5. The maximum atomic E-state index is 13.2. The quantitative estimate of drug-likeness (QED) is 0.391. The molecule has 0 aliphatic carbocycles. The smallest absolute Gasteiger partial charge is 0.247 e. The van der Waals surface area contributed by atoms with E-state index in [-0.39, 0.29) is 5.82 Å². The molecule has 5 aromatic rings. The summed E-state index contributed by atoms with van der Waals surface area (Å²) in [6, 6.07) is 21.3. The summed E-state index contributed by atoms with van der Waals surface area (Å²) in [5.41, 5.74) is 3.43. The molecule has 0 N–H and O–H groups in total. The van der Waals surface area contributed by atoms with Crippen molar-refractivity contribution < 1.29 is 8.81 Å². The van der Waals surface area contributed by atoms with Crippen LogP contribution in [-0.2, 0) is 6.54 Å². The molecule has 0 aliphatic rings. The minimum absolute atomic E-state index is 0.314. The molecule has 2 heterocycles. The molecule has 0 amide bonds. The fourth-order valence-electron chi connectivity index (χ4n) is 3.22. The van der Waals surface area contributed by atoms with Crippen molar-refractivity contribution in [3.63, 3.8) is 0 Å². The molecule has 0 spiro atoms. The van der Waals surface area contributed by atoms with Gasteiger partial charge in [-0.25, -0.2) is 9.37 Å². The lowest BCUT2D eigenvalue weighted by molar-refractivity contribution is 0.492. The lowest BCUT2D eigenvalue weighted by Gasteiger charge is -2.07. The van der Waals surface area contributed by atoms with Gasteiger partial charge in [0.05, 0.1) is 11.0 Å². The molecule has 0 saturated heterocycles. The normalized spacial score (nSPS) is 11.2. The summed E-state index contributed by atoms with van der Waals surface area (Å²) < 4.78 is 21.0. The Balaban J connectivity index is 1.56. The van der Waals surface area contributed by atoms with E-state index < -0.39 is 0 Å². The second-order valence-corrected chi connectivity index (χ2v) is 6.96. The number of hydrogen-bond donors (Lipinski definition) is 0. The molecule has 3 aromatic carbocycles.